The van der Waals surface area contributed by atoms with E-state index in [1.807, 2.05) is 6.07 Å². The van der Waals surface area contributed by atoms with Gasteiger partial charge in [0, 0.05) is 25.7 Å². The predicted molar refractivity (Wildman–Crippen MR) is 71.4 cm³/mol. The molecule has 1 aliphatic heterocycles. The first-order valence-corrected chi connectivity index (χ1v) is 6.51. The predicted octanol–water partition coefficient (Wildman–Crippen LogP) is 2.39. The highest BCUT2D eigenvalue weighted by Crippen LogP contribution is 2.27. The largest absolute Gasteiger partial charge is 0.370 e. The zero-order valence-corrected chi connectivity index (χ0v) is 11.0. The SMILES string of the molecule is CCNc1cc(N2CCC(C(C)C)C2)ncn1. The van der Waals surface area contributed by atoms with Crippen molar-refractivity contribution in [2.75, 3.05) is 29.9 Å². The Hall–Kier alpha value is -1.32. The fraction of sp³-hybridized carbons (Fsp3) is 0.692. The van der Waals surface area contributed by atoms with Gasteiger partial charge in [0.1, 0.15) is 18.0 Å². The molecule has 4 heteroatoms. The molecular weight excluding hydrogens is 212 g/mol. The van der Waals surface area contributed by atoms with E-state index in [2.05, 4.69) is 41.0 Å². The van der Waals surface area contributed by atoms with Gasteiger partial charge in [-0.3, -0.25) is 0 Å². The van der Waals surface area contributed by atoms with Crippen LogP contribution in [0.25, 0.3) is 0 Å². The molecule has 2 heterocycles. The van der Waals surface area contributed by atoms with Gasteiger partial charge in [0.05, 0.1) is 0 Å². The number of nitrogens with zero attached hydrogens (tertiary/aromatic N) is 3. The summed E-state index contributed by atoms with van der Waals surface area (Å²) >= 11 is 0. The number of hydrogen-bond acceptors (Lipinski definition) is 4. The van der Waals surface area contributed by atoms with Crippen LogP contribution in [0.4, 0.5) is 11.6 Å². The summed E-state index contributed by atoms with van der Waals surface area (Å²) in [4.78, 5) is 10.9. The van der Waals surface area contributed by atoms with Crippen LogP contribution in [-0.4, -0.2) is 29.6 Å². The van der Waals surface area contributed by atoms with Gasteiger partial charge in [-0.05, 0) is 25.2 Å². The minimum absolute atomic E-state index is 0.759. The molecule has 2 rings (SSSR count). The normalized spacial score (nSPS) is 20.0. The van der Waals surface area contributed by atoms with Gasteiger partial charge in [-0.25, -0.2) is 9.97 Å². The molecule has 1 aromatic rings. The van der Waals surface area contributed by atoms with Crippen LogP contribution in [0.1, 0.15) is 27.2 Å². The number of rotatable bonds is 4. The molecule has 1 aliphatic rings. The lowest BCUT2D eigenvalue weighted by Gasteiger charge is -2.19. The van der Waals surface area contributed by atoms with Gasteiger partial charge in [-0.15, -0.1) is 0 Å². The number of nitrogens with one attached hydrogen (secondary N) is 1. The van der Waals surface area contributed by atoms with Crippen molar-refractivity contribution in [1.29, 1.82) is 0 Å². The molecule has 1 unspecified atom stereocenters. The number of hydrogen-bond donors (Lipinski definition) is 1. The van der Waals surface area contributed by atoms with Crippen molar-refractivity contribution in [3.63, 3.8) is 0 Å². The van der Waals surface area contributed by atoms with Crippen molar-refractivity contribution >= 4 is 11.6 Å². The van der Waals surface area contributed by atoms with Crippen molar-refractivity contribution < 1.29 is 0 Å². The highest BCUT2D eigenvalue weighted by atomic mass is 15.2. The van der Waals surface area contributed by atoms with Crippen molar-refractivity contribution in [3.8, 4) is 0 Å². The van der Waals surface area contributed by atoms with Crippen molar-refractivity contribution in [2.45, 2.75) is 27.2 Å². The van der Waals surface area contributed by atoms with Gasteiger partial charge in [0.2, 0.25) is 0 Å². The standard InChI is InChI=1S/C13H22N4/c1-4-14-12-7-13(16-9-15-12)17-6-5-11(8-17)10(2)3/h7,9-11H,4-6,8H2,1-3H3,(H,14,15,16). The molecule has 1 aromatic heterocycles. The molecule has 0 bridgehead atoms. The molecule has 0 aliphatic carbocycles. The van der Waals surface area contributed by atoms with E-state index in [0.717, 1.165) is 43.1 Å². The highest BCUT2D eigenvalue weighted by Gasteiger charge is 2.25. The molecule has 0 radical (unpaired) electrons. The smallest absolute Gasteiger partial charge is 0.134 e. The lowest BCUT2D eigenvalue weighted by atomic mass is 9.95. The second kappa shape index (κ2) is 5.34. The minimum Gasteiger partial charge on any atom is -0.370 e. The third-order valence-corrected chi connectivity index (χ3v) is 3.50. The number of anilines is 2. The highest BCUT2D eigenvalue weighted by molar-refractivity contribution is 5.49. The van der Waals surface area contributed by atoms with Crippen molar-refractivity contribution in [1.82, 2.24) is 9.97 Å². The van der Waals surface area contributed by atoms with Crippen LogP contribution in [0, 0.1) is 11.8 Å². The van der Waals surface area contributed by atoms with E-state index in [9.17, 15) is 0 Å². The molecule has 0 spiro atoms. The zero-order valence-electron chi connectivity index (χ0n) is 11.0. The van der Waals surface area contributed by atoms with Gasteiger partial charge in [0.25, 0.3) is 0 Å². The molecule has 94 valence electrons. The maximum atomic E-state index is 4.37. The minimum atomic E-state index is 0.759. The molecule has 17 heavy (non-hydrogen) atoms. The summed E-state index contributed by atoms with van der Waals surface area (Å²) in [6, 6.07) is 2.05. The molecular formula is C13H22N4. The molecule has 1 saturated heterocycles. The first-order valence-electron chi connectivity index (χ1n) is 6.51. The zero-order chi connectivity index (χ0) is 12.3. The summed E-state index contributed by atoms with van der Waals surface area (Å²) < 4.78 is 0. The third kappa shape index (κ3) is 2.87. The molecule has 1 atom stereocenters. The maximum absolute atomic E-state index is 4.37. The Kier molecular flexibility index (Phi) is 3.82. The first-order chi connectivity index (χ1) is 8.20. The van der Waals surface area contributed by atoms with E-state index >= 15 is 0 Å². The van der Waals surface area contributed by atoms with Crippen molar-refractivity contribution in [3.05, 3.63) is 12.4 Å². The first kappa shape index (κ1) is 12.1. The lowest BCUT2D eigenvalue weighted by Crippen LogP contribution is -2.22. The summed E-state index contributed by atoms with van der Waals surface area (Å²) in [6.07, 6.45) is 2.92. The Morgan fingerprint density at radius 1 is 1.47 bits per heavy atom. The van der Waals surface area contributed by atoms with E-state index in [-0.39, 0.29) is 0 Å². The van der Waals surface area contributed by atoms with Crippen LogP contribution in [0.3, 0.4) is 0 Å². The van der Waals surface area contributed by atoms with Crippen molar-refractivity contribution in [2.24, 2.45) is 11.8 Å². The third-order valence-electron chi connectivity index (χ3n) is 3.50. The molecule has 1 fully saturated rings. The second-order valence-electron chi connectivity index (χ2n) is 5.03. The van der Waals surface area contributed by atoms with Gasteiger partial charge in [0.15, 0.2) is 0 Å². The fourth-order valence-electron chi connectivity index (χ4n) is 2.34. The van der Waals surface area contributed by atoms with E-state index < -0.39 is 0 Å². The van der Waals surface area contributed by atoms with E-state index in [1.165, 1.54) is 6.42 Å². The summed E-state index contributed by atoms with van der Waals surface area (Å²) in [5, 5.41) is 3.23. The Morgan fingerprint density at radius 2 is 2.29 bits per heavy atom. The van der Waals surface area contributed by atoms with Crippen LogP contribution in [0.2, 0.25) is 0 Å². The van der Waals surface area contributed by atoms with E-state index in [0.29, 0.717) is 0 Å². The van der Waals surface area contributed by atoms with Gasteiger partial charge >= 0.3 is 0 Å². The Morgan fingerprint density at radius 3 is 2.94 bits per heavy atom. The molecule has 4 nitrogen and oxygen atoms in total. The van der Waals surface area contributed by atoms with Gasteiger partial charge in [-0.1, -0.05) is 13.8 Å². The monoisotopic (exact) mass is 234 g/mol. The Bertz CT molecular complexity index is 364. The summed E-state index contributed by atoms with van der Waals surface area (Å²) in [6.45, 7) is 9.82. The summed E-state index contributed by atoms with van der Waals surface area (Å²) in [5.74, 6) is 3.53. The molecule has 1 N–H and O–H groups in total. The quantitative estimate of drug-likeness (QED) is 0.868. The second-order valence-corrected chi connectivity index (χ2v) is 5.03. The summed E-state index contributed by atoms with van der Waals surface area (Å²) in [5.41, 5.74) is 0. The molecule has 0 saturated carbocycles. The maximum Gasteiger partial charge on any atom is 0.134 e. The lowest BCUT2D eigenvalue weighted by molar-refractivity contribution is 0.422. The number of aromatic nitrogens is 2. The van der Waals surface area contributed by atoms with Crippen LogP contribution < -0.4 is 10.2 Å². The van der Waals surface area contributed by atoms with E-state index in [4.69, 9.17) is 0 Å². The van der Waals surface area contributed by atoms with E-state index in [1.54, 1.807) is 6.33 Å². The van der Waals surface area contributed by atoms with Crippen LogP contribution in [-0.2, 0) is 0 Å². The Labute approximate surface area is 103 Å². The van der Waals surface area contributed by atoms with Gasteiger partial charge in [-0.2, -0.15) is 0 Å². The van der Waals surface area contributed by atoms with Crippen LogP contribution >= 0.6 is 0 Å². The van der Waals surface area contributed by atoms with Crippen LogP contribution in [0.5, 0.6) is 0 Å². The van der Waals surface area contributed by atoms with Crippen LogP contribution in [0.15, 0.2) is 12.4 Å². The van der Waals surface area contributed by atoms with Gasteiger partial charge < -0.3 is 10.2 Å². The Balaban J connectivity index is 2.05. The average Bonchev–Trinajstić information content (AvgIpc) is 2.79. The molecule has 0 amide bonds. The fourth-order valence-corrected chi connectivity index (χ4v) is 2.34. The molecule has 0 aromatic carbocycles. The topological polar surface area (TPSA) is 41.0 Å². The summed E-state index contributed by atoms with van der Waals surface area (Å²) in [7, 11) is 0. The average molecular weight is 234 g/mol.